The lowest BCUT2D eigenvalue weighted by Crippen LogP contribution is -2.39. The average Bonchev–Trinajstić information content (AvgIpc) is 2.91. The molecule has 6 rings (SSSR count). The molecule has 0 aliphatic carbocycles. The smallest absolute Gasteiger partial charge is 0.249 e. The summed E-state index contributed by atoms with van der Waals surface area (Å²) >= 11 is 5.99. The fourth-order valence-corrected chi connectivity index (χ4v) is 5.03. The zero-order chi connectivity index (χ0) is 25.4. The van der Waals surface area contributed by atoms with Gasteiger partial charge in [0.25, 0.3) is 0 Å². The van der Waals surface area contributed by atoms with Crippen molar-refractivity contribution in [1.82, 2.24) is 9.97 Å². The second kappa shape index (κ2) is 9.88. The van der Waals surface area contributed by atoms with Crippen LogP contribution in [0.3, 0.4) is 0 Å². The molecule has 0 saturated carbocycles. The highest BCUT2D eigenvalue weighted by Gasteiger charge is 2.31. The van der Waals surface area contributed by atoms with E-state index in [9.17, 15) is 4.79 Å². The Kier molecular flexibility index (Phi) is 6.28. The number of anilines is 2. The normalized spacial score (nSPS) is 16.5. The predicted molar refractivity (Wildman–Crippen MR) is 140 cm³/mol. The Bertz CT molecular complexity index is 1530. The summed E-state index contributed by atoms with van der Waals surface area (Å²) in [5.74, 6) is 0.828. The van der Waals surface area contributed by atoms with Crippen LogP contribution in [-0.2, 0) is 17.7 Å². The number of aromatic amines is 1. The third kappa shape index (κ3) is 4.90. The minimum atomic E-state index is -0.532. The minimum absolute atomic E-state index is 0.179. The molecule has 2 N–H and O–H groups in total. The molecule has 2 aromatic carbocycles. The number of hydrogen-bond donors (Lipinski definition) is 2. The minimum Gasteiger partial charge on any atom is -0.456 e. The zero-order valence-electron chi connectivity index (χ0n) is 19.8. The quantitative estimate of drug-likeness (QED) is 0.301. The molecule has 7 nitrogen and oxygen atoms in total. The molecule has 1 atom stereocenters. The molecule has 4 heterocycles. The van der Waals surface area contributed by atoms with Crippen molar-refractivity contribution in [3.8, 4) is 11.5 Å². The lowest BCUT2D eigenvalue weighted by atomic mass is 9.94. The first-order chi connectivity index (χ1) is 18.0. The topological polar surface area (TPSA) is 79.5 Å². The van der Waals surface area contributed by atoms with E-state index in [2.05, 4.69) is 15.3 Å². The van der Waals surface area contributed by atoms with E-state index in [-0.39, 0.29) is 11.4 Å². The van der Waals surface area contributed by atoms with E-state index in [4.69, 9.17) is 21.1 Å². The van der Waals surface area contributed by atoms with Crippen LogP contribution in [0.15, 0.2) is 71.7 Å². The Morgan fingerprint density at radius 2 is 2.05 bits per heavy atom. The van der Waals surface area contributed by atoms with E-state index < -0.39 is 6.10 Å². The van der Waals surface area contributed by atoms with Gasteiger partial charge in [0.2, 0.25) is 5.56 Å². The number of benzene rings is 2. The molecule has 2 aromatic heterocycles. The first-order valence-corrected chi connectivity index (χ1v) is 12.4. The maximum absolute atomic E-state index is 15.2. The number of hydrogen-bond acceptors (Lipinski definition) is 6. The van der Waals surface area contributed by atoms with Gasteiger partial charge >= 0.3 is 0 Å². The van der Waals surface area contributed by atoms with E-state index in [1.165, 1.54) is 6.07 Å². The number of morpholine rings is 1. The molecule has 188 valence electrons. The van der Waals surface area contributed by atoms with Crippen LogP contribution >= 0.6 is 11.6 Å². The average molecular weight is 519 g/mol. The highest BCUT2D eigenvalue weighted by atomic mass is 35.5. The summed E-state index contributed by atoms with van der Waals surface area (Å²) in [6.07, 6.45) is 1.69. The number of nitrogens with zero attached hydrogens (tertiary/aromatic N) is 2. The number of aromatic nitrogens is 2. The van der Waals surface area contributed by atoms with Gasteiger partial charge in [0.05, 0.1) is 24.4 Å². The standard InChI is InChI=1S/C28H24ClFN4O3/c29-25-3-1-2-20(33-25)15-32-19-5-7-23-18(13-19)12-17-4-6-22(30)27(28(17)37-23)24-16-34(10-11-36-24)21-8-9-31-26(35)14-21/h1-9,13-14,24,32H,10-12,15-16H2,(H,31,35). The van der Waals surface area contributed by atoms with Crippen molar-refractivity contribution in [2.24, 2.45) is 0 Å². The number of halogens is 2. The summed E-state index contributed by atoms with van der Waals surface area (Å²) in [6, 6.07) is 18.0. The van der Waals surface area contributed by atoms with Gasteiger partial charge in [-0.05, 0) is 48.0 Å². The van der Waals surface area contributed by atoms with Crippen LogP contribution < -0.4 is 20.5 Å². The van der Waals surface area contributed by atoms with Crippen molar-refractivity contribution >= 4 is 23.0 Å². The molecule has 0 spiro atoms. The van der Waals surface area contributed by atoms with E-state index in [0.29, 0.717) is 54.9 Å². The highest BCUT2D eigenvalue weighted by molar-refractivity contribution is 6.29. The first kappa shape index (κ1) is 23.5. The summed E-state index contributed by atoms with van der Waals surface area (Å²) in [4.78, 5) is 20.8. The van der Waals surface area contributed by atoms with Crippen molar-refractivity contribution in [2.45, 2.75) is 19.1 Å². The summed E-state index contributed by atoms with van der Waals surface area (Å²) in [6.45, 7) is 1.97. The number of H-pyrrole nitrogens is 1. The van der Waals surface area contributed by atoms with Gasteiger partial charge in [0.1, 0.15) is 28.6 Å². The van der Waals surface area contributed by atoms with Gasteiger partial charge in [-0.3, -0.25) is 4.79 Å². The second-order valence-corrected chi connectivity index (χ2v) is 9.46. The molecule has 0 amide bonds. The Hall–Kier alpha value is -3.88. The van der Waals surface area contributed by atoms with Crippen LogP contribution in [-0.4, -0.2) is 29.7 Å². The Labute approximate surface area is 217 Å². The van der Waals surface area contributed by atoms with Gasteiger partial charge in [0, 0.05) is 48.7 Å². The van der Waals surface area contributed by atoms with Gasteiger partial charge < -0.3 is 24.7 Å². The largest absolute Gasteiger partial charge is 0.456 e. The van der Waals surface area contributed by atoms with Crippen LogP contribution in [0.2, 0.25) is 5.15 Å². The maximum Gasteiger partial charge on any atom is 0.249 e. The molecule has 0 bridgehead atoms. The van der Waals surface area contributed by atoms with Crippen molar-refractivity contribution < 1.29 is 13.9 Å². The van der Waals surface area contributed by atoms with E-state index in [1.54, 1.807) is 24.4 Å². The fourth-order valence-electron chi connectivity index (χ4n) is 4.85. The van der Waals surface area contributed by atoms with Gasteiger partial charge in [-0.15, -0.1) is 0 Å². The molecule has 2 aliphatic rings. The molecule has 1 saturated heterocycles. The molecule has 37 heavy (non-hydrogen) atoms. The van der Waals surface area contributed by atoms with Crippen LogP contribution in [0.4, 0.5) is 15.8 Å². The third-order valence-corrected chi connectivity index (χ3v) is 6.85. The summed E-state index contributed by atoms with van der Waals surface area (Å²) in [7, 11) is 0. The van der Waals surface area contributed by atoms with Crippen molar-refractivity contribution in [1.29, 1.82) is 0 Å². The monoisotopic (exact) mass is 518 g/mol. The Morgan fingerprint density at radius 1 is 1.14 bits per heavy atom. The molecule has 1 unspecified atom stereocenters. The number of rotatable bonds is 5. The predicted octanol–water partition coefficient (Wildman–Crippen LogP) is 5.45. The van der Waals surface area contributed by atoms with Gasteiger partial charge in [0.15, 0.2) is 0 Å². The molecular formula is C28H24ClFN4O3. The number of fused-ring (bicyclic) bond motifs is 2. The van der Waals surface area contributed by atoms with Crippen LogP contribution in [0, 0.1) is 5.82 Å². The molecule has 2 aliphatic heterocycles. The molecule has 0 radical (unpaired) electrons. The number of pyridine rings is 2. The van der Waals surface area contributed by atoms with Crippen molar-refractivity contribution in [3.63, 3.8) is 0 Å². The van der Waals surface area contributed by atoms with Crippen LogP contribution in [0.25, 0.3) is 0 Å². The molecule has 1 fully saturated rings. The Morgan fingerprint density at radius 3 is 2.92 bits per heavy atom. The van der Waals surface area contributed by atoms with Crippen molar-refractivity contribution in [2.75, 3.05) is 29.9 Å². The van der Waals surface area contributed by atoms with Crippen LogP contribution in [0.5, 0.6) is 11.5 Å². The number of ether oxygens (including phenoxy) is 2. The molecular weight excluding hydrogens is 495 g/mol. The van der Waals surface area contributed by atoms with E-state index in [0.717, 1.165) is 28.2 Å². The summed E-state index contributed by atoms with van der Waals surface area (Å²) in [5, 5.41) is 3.83. The fraction of sp³-hybridized carbons (Fsp3) is 0.214. The number of nitrogens with one attached hydrogen (secondary N) is 2. The van der Waals surface area contributed by atoms with Gasteiger partial charge in [-0.1, -0.05) is 23.7 Å². The third-order valence-electron chi connectivity index (χ3n) is 6.64. The lowest BCUT2D eigenvalue weighted by molar-refractivity contribution is 0.0360. The zero-order valence-corrected chi connectivity index (χ0v) is 20.6. The summed E-state index contributed by atoms with van der Waals surface area (Å²) < 4.78 is 27.5. The SMILES string of the molecule is O=c1cc(N2CCOC(c3c(F)ccc4c3Oc3ccc(NCc5cccc(Cl)n5)cc3C4)C2)cc[nH]1. The molecule has 4 aromatic rings. The van der Waals surface area contributed by atoms with E-state index >= 15 is 4.39 Å². The van der Waals surface area contributed by atoms with Crippen molar-refractivity contribution in [3.05, 3.63) is 111 Å². The van der Waals surface area contributed by atoms with E-state index in [1.807, 2.05) is 41.3 Å². The summed E-state index contributed by atoms with van der Waals surface area (Å²) in [5.41, 5.74) is 4.68. The van der Waals surface area contributed by atoms with Gasteiger partial charge in [-0.2, -0.15) is 0 Å². The second-order valence-electron chi connectivity index (χ2n) is 9.07. The lowest BCUT2D eigenvalue weighted by Gasteiger charge is -2.36. The van der Waals surface area contributed by atoms with Gasteiger partial charge in [-0.25, -0.2) is 9.37 Å². The highest BCUT2D eigenvalue weighted by Crippen LogP contribution is 2.44. The first-order valence-electron chi connectivity index (χ1n) is 12.1. The Balaban J connectivity index is 1.23. The maximum atomic E-state index is 15.2. The van der Waals surface area contributed by atoms with Crippen LogP contribution in [0.1, 0.15) is 28.5 Å². The molecule has 9 heteroatoms.